The molecule has 4 heterocycles. The second-order valence-electron chi connectivity index (χ2n) is 10.4. The van der Waals surface area contributed by atoms with Crippen molar-refractivity contribution >= 4 is 17.0 Å². The van der Waals surface area contributed by atoms with Crippen molar-refractivity contribution in [1.82, 2.24) is 19.4 Å². The fraction of sp³-hybridized carbons (Fsp3) is 0.519. The zero-order chi connectivity index (χ0) is 26.5. The summed E-state index contributed by atoms with van der Waals surface area (Å²) in [7, 11) is 1.67. The number of aryl methyl sites for hydroxylation is 1. The van der Waals surface area contributed by atoms with E-state index in [2.05, 4.69) is 23.7 Å². The number of amides is 1. The molecule has 37 heavy (non-hydrogen) atoms. The van der Waals surface area contributed by atoms with Gasteiger partial charge in [-0.15, -0.1) is 0 Å². The average Bonchev–Trinajstić information content (AvgIpc) is 3.43. The lowest BCUT2D eigenvalue weighted by Gasteiger charge is -2.37. The molecule has 1 fully saturated rings. The van der Waals surface area contributed by atoms with Crippen LogP contribution in [0.4, 0.5) is 13.2 Å². The van der Waals surface area contributed by atoms with Crippen molar-refractivity contribution < 1.29 is 22.4 Å². The predicted octanol–water partition coefficient (Wildman–Crippen LogP) is 4.68. The number of nitrogens with zero attached hydrogens (tertiary/aromatic N) is 4. The Balaban J connectivity index is 1.36. The van der Waals surface area contributed by atoms with Crippen LogP contribution in [0.15, 0.2) is 39.7 Å². The van der Waals surface area contributed by atoms with E-state index in [0.717, 1.165) is 36.3 Å². The summed E-state index contributed by atoms with van der Waals surface area (Å²) in [5.41, 5.74) is 2.04. The summed E-state index contributed by atoms with van der Waals surface area (Å²) in [4.78, 5) is 33.9. The van der Waals surface area contributed by atoms with Crippen LogP contribution in [0.1, 0.15) is 61.5 Å². The van der Waals surface area contributed by atoms with Crippen molar-refractivity contribution in [2.24, 2.45) is 12.5 Å². The van der Waals surface area contributed by atoms with E-state index in [1.807, 2.05) is 12.1 Å². The Hall–Kier alpha value is -3.14. The van der Waals surface area contributed by atoms with Crippen LogP contribution in [0.2, 0.25) is 0 Å². The minimum absolute atomic E-state index is 0.0137. The summed E-state index contributed by atoms with van der Waals surface area (Å²) >= 11 is 0. The summed E-state index contributed by atoms with van der Waals surface area (Å²) in [6.07, 6.45) is -0.892. The van der Waals surface area contributed by atoms with Crippen molar-refractivity contribution in [3.63, 3.8) is 0 Å². The van der Waals surface area contributed by atoms with Gasteiger partial charge in [0.15, 0.2) is 5.58 Å². The molecule has 0 bridgehead atoms. The first-order chi connectivity index (χ1) is 17.5. The number of halogens is 3. The maximum Gasteiger partial charge on any atom is 0.419 e. The summed E-state index contributed by atoms with van der Waals surface area (Å²) in [5, 5.41) is 0. The van der Waals surface area contributed by atoms with Crippen molar-refractivity contribution in [2.75, 3.05) is 19.6 Å². The minimum Gasteiger partial charge on any atom is -0.408 e. The Bertz CT molecular complexity index is 1400. The van der Waals surface area contributed by atoms with E-state index in [0.29, 0.717) is 49.2 Å². The van der Waals surface area contributed by atoms with Crippen LogP contribution in [0.25, 0.3) is 11.1 Å². The molecule has 1 saturated heterocycles. The van der Waals surface area contributed by atoms with Crippen molar-refractivity contribution in [2.45, 2.75) is 58.3 Å². The van der Waals surface area contributed by atoms with Crippen LogP contribution >= 0.6 is 0 Å². The first-order valence-electron chi connectivity index (χ1n) is 12.7. The molecule has 0 N–H and O–H groups in total. The molecule has 2 atom stereocenters. The molecule has 2 unspecified atom stereocenters. The maximum absolute atomic E-state index is 13.9. The van der Waals surface area contributed by atoms with Crippen LogP contribution in [0, 0.1) is 5.41 Å². The molecular formula is C27H31F3N4O3. The fourth-order valence-corrected chi connectivity index (χ4v) is 5.90. The first kappa shape index (κ1) is 25.5. The number of likely N-dealkylation sites (tertiary alicyclic amines) is 1. The number of alkyl halides is 3. The minimum atomic E-state index is -4.47. The second kappa shape index (κ2) is 9.31. The molecule has 0 saturated carbocycles. The van der Waals surface area contributed by atoms with E-state index in [4.69, 9.17) is 4.42 Å². The van der Waals surface area contributed by atoms with Gasteiger partial charge < -0.3 is 9.32 Å². The van der Waals surface area contributed by atoms with Crippen molar-refractivity contribution in [3.05, 3.63) is 63.4 Å². The molecule has 5 rings (SSSR count). The molecule has 1 aromatic carbocycles. The molecule has 198 valence electrons. The van der Waals surface area contributed by atoms with E-state index >= 15 is 0 Å². The Morgan fingerprint density at radius 1 is 1.24 bits per heavy atom. The SMILES string of the molecule is CCCC1(C(=O)N2CCc3ncc(C(F)(F)F)cc3C2)CCN(C(C)c2ccc3oc(=O)n(C)c3c2)C1. The van der Waals surface area contributed by atoms with Crippen molar-refractivity contribution in [1.29, 1.82) is 0 Å². The third kappa shape index (κ3) is 4.56. The van der Waals surface area contributed by atoms with Gasteiger partial charge >= 0.3 is 11.9 Å². The highest BCUT2D eigenvalue weighted by atomic mass is 19.4. The number of oxazole rings is 1. The number of pyridine rings is 1. The van der Waals surface area contributed by atoms with Crippen molar-refractivity contribution in [3.8, 4) is 0 Å². The number of aromatic nitrogens is 2. The van der Waals surface area contributed by atoms with Gasteiger partial charge in [-0.25, -0.2) is 4.79 Å². The van der Waals surface area contributed by atoms with Crippen LogP contribution in [-0.4, -0.2) is 44.9 Å². The molecule has 1 amide bonds. The third-order valence-electron chi connectivity index (χ3n) is 8.07. The molecule has 2 aliphatic heterocycles. The third-order valence-corrected chi connectivity index (χ3v) is 8.07. The summed E-state index contributed by atoms with van der Waals surface area (Å²) in [5.74, 6) is -0.394. The molecular weight excluding hydrogens is 485 g/mol. The van der Waals surface area contributed by atoms with E-state index in [9.17, 15) is 22.8 Å². The van der Waals surface area contributed by atoms with Gasteiger partial charge in [0, 0.05) is 51.0 Å². The molecule has 0 aliphatic carbocycles. The number of fused-ring (bicyclic) bond motifs is 2. The Morgan fingerprint density at radius 2 is 2.03 bits per heavy atom. The maximum atomic E-state index is 13.9. The van der Waals surface area contributed by atoms with Gasteiger partial charge in [0.25, 0.3) is 0 Å². The average molecular weight is 517 g/mol. The highest BCUT2D eigenvalue weighted by Gasteiger charge is 2.47. The summed E-state index contributed by atoms with van der Waals surface area (Å²) in [6, 6.07) is 6.86. The zero-order valence-electron chi connectivity index (χ0n) is 21.3. The van der Waals surface area contributed by atoms with E-state index < -0.39 is 22.9 Å². The van der Waals surface area contributed by atoms with Crippen LogP contribution in [-0.2, 0) is 31.0 Å². The van der Waals surface area contributed by atoms with Gasteiger partial charge in [-0.05, 0) is 55.6 Å². The summed E-state index contributed by atoms with van der Waals surface area (Å²) < 4.78 is 46.5. The summed E-state index contributed by atoms with van der Waals surface area (Å²) in [6.45, 7) is 6.06. The zero-order valence-corrected chi connectivity index (χ0v) is 21.3. The number of benzene rings is 1. The van der Waals surface area contributed by atoms with E-state index in [1.165, 1.54) is 4.57 Å². The Morgan fingerprint density at radius 3 is 2.76 bits per heavy atom. The highest BCUT2D eigenvalue weighted by Crippen LogP contribution is 2.42. The van der Waals surface area contributed by atoms with Crippen LogP contribution < -0.4 is 5.76 Å². The lowest BCUT2D eigenvalue weighted by Crippen LogP contribution is -2.47. The number of rotatable bonds is 5. The van der Waals surface area contributed by atoms with E-state index in [1.54, 1.807) is 18.0 Å². The molecule has 0 spiro atoms. The molecule has 10 heteroatoms. The van der Waals surface area contributed by atoms with Gasteiger partial charge in [-0.3, -0.25) is 19.2 Å². The number of hydrogen-bond donors (Lipinski definition) is 0. The first-order valence-corrected chi connectivity index (χ1v) is 12.7. The molecule has 2 aromatic heterocycles. The van der Waals surface area contributed by atoms with Gasteiger partial charge in [0.05, 0.1) is 16.5 Å². The van der Waals surface area contributed by atoms with Crippen LogP contribution in [0.3, 0.4) is 0 Å². The normalized spacial score (nSPS) is 21.4. The number of carbonyl (C=O) groups is 1. The van der Waals surface area contributed by atoms with Crippen LogP contribution in [0.5, 0.6) is 0 Å². The van der Waals surface area contributed by atoms with Gasteiger partial charge in [-0.2, -0.15) is 13.2 Å². The molecule has 3 aromatic rings. The van der Waals surface area contributed by atoms with Gasteiger partial charge in [0.1, 0.15) is 0 Å². The largest absolute Gasteiger partial charge is 0.419 e. The lowest BCUT2D eigenvalue weighted by atomic mass is 9.80. The lowest BCUT2D eigenvalue weighted by molar-refractivity contribution is -0.143. The number of carbonyl (C=O) groups excluding carboxylic acids is 1. The Labute approximate surface area is 212 Å². The smallest absolute Gasteiger partial charge is 0.408 e. The van der Waals surface area contributed by atoms with Gasteiger partial charge in [-0.1, -0.05) is 19.4 Å². The highest BCUT2D eigenvalue weighted by molar-refractivity contribution is 5.83. The van der Waals surface area contributed by atoms with E-state index in [-0.39, 0.29) is 18.5 Å². The molecule has 7 nitrogen and oxygen atoms in total. The topological polar surface area (TPSA) is 71.6 Å². The molecule has 2 aliphatic rings. The quantitative estimate of drug-likeness (QED) is 0.492. The number of hydrogen-bond acceptors (Lipinski definition) is 5. The molecule has 0 radical (unpaired) electrons. The fourth-order valence-electron chi connectivity index (χ4n) is 5.90. The second-order valence-corrected chi connectivity index (χ2v) is 10.4. The standard InChI is InChI=1S/C27H31F3N4O3/c1-4-8-26(24(35)33-10-7-21-19(15-33)12-20(14-31-21)27(28,29)30)9-11-34(16-26)17(2)18-5-6-23-22(13-18)32(3)25(36)37-23/h5-6,12-14,17H,4,7-11,15-16H2,1-3H3. The Kier molecular flexibility index (Phi) is 6.42. The monoisotopic (exact) mass is 516 g/mol. The predicted molar refractivity (Wildman–Crippen MR) is 132 cm³/mol. The van der Waals surface area contributed by atoms with Gasteiger partial charge in [0.2, 0.25) is 5.91 Å².